The maximum atomic E-state index is 5.89. The minimum absolute atomic E-state index is 0.240. The minimum atomic E-state index is 0.240. The molecule has 1 aromatic carbocycles. The third-order valence-corrected chi connectivity index (χ3v) is 3.57. The minimum Gasteiger partial charge on any atom is -0.368 e. The number of nitrogens with two attached hydrogens (primary N) is 1. The summed E-state index contributed by atoms with van der Waals surface area (Å²) in [7, 11) is 0. The first-order chi connectivity index (χ1) is 10.7. The van der Waals surface area contributed by atoms with Gasteiger partial charge in [-0.1, -0.05) is 30.7 Å². The molecule has 0 saturated heterocycles. The Morgan fingerprint density at radius 1 is 1.23 bits per heavy atom. The highest BCUT2D eigenvalue weighted by atomic mass is 35.5. The quantitative estimate of drug-likeness (QED) is 0.756. The van der Waals surface area contributed by atoms with Crippen LogP contribution < -0.4 is 11.1 Å². The highest BCUT2D eigenvalue weighted by Crippen LogP contribution is 2.21. The average molecular weight is 317 g/mol. The molecule has 0 fully saturated rings. The standard InChI is InChI=1S/C15H17ClN6/c1-2-7-22-9-19-12-13(20-15(17)21-14(12)22)18-8-10-3-5-11(16)6-4-10/h3-6,9H,2,7-8H2,1H3,(H3,17,18,20,21). The highest BCUT2D eigenvalue weighted by molar-refractivity contribution is 6.30. The van der Waals surface area contributed by atoms with Crippen molar-refractivity contribution in [1.29, 1.82) is 0 Å². The second kappa shape index (κ2) is 6.19. The number of benzene rings is 1. The van der Waals surface area contributed by atoms with Crippen molar-refractivity contribution in [3.8, 4) is 0 Å². The Bertz CT molecular complexity index is 781. The van der Waals surface area contributed by atoms with Gasteiger partial charge in [0.25, 0.3) is 0 Å². The number of hydrogen-bond donors (Lipinski definition) is 2. The topological polar surface area (TPSA) is 81.7 Å². The number of nitrogens with one attached hydrogen (secondary N) is 1. The van der Waals surface area contributed by atoms with Crippen LogP contribution in [0, 0.1) is 0 Å². The number of hydrogen-bond acceptors (Lipinski definition) is 5. The lowest BCUT2D eigenvalue weighted by Gasteiger charge is -2.08. The van der Waals surface area contributed by atoms with Crippen LogP contribution in [-0.4, -0.2) is 19.5 Å². The predicted molar refractivity (Wildman–Crippen MR) is 88.8 cm³/mol. The molecule has 3 aromatic rings. The number of nitrogens with zero attached hydrogens (tertiary/aromatic N) is 4. The lowest BCUT2D eigenvalue weighted by atomic mass is 10.2. The van der Waals surface area contributed by atoms with E-state index in [2.05, 4.69) is 27.2 Å². The third-order valence-electron chi connectivity index (χ3n) is 3.32. The monoisotopic (exact) mass is 316 g/mol. The molecule has 0 bridgehead atoms. The van der Waals surface area contributed by atoms with Gasteiger partial charge in [0.15, 0.2) is 17.0 Å². The first-order valence-corrected chi connectivity index (χ1v) is 7.52. The van der Waals surface area contributed by atoms with E-state index in [0.717, 1.165) is 34.7 Å². The van der Waals surface area contributed by atoms with Crippen LogP contribution in [0.2, 0.25) is 5.02 Å². The van der Waals surface area contributed by atoms with Crippen LogP contribution in [0.25, 0.3) is 11.2 Å². The summed E-state index contributed by atoms with van der Waals surface area (Å²) >= 11 is 5.89. The zero-order valence-electron chi connectivity index (χ0n) is 12.3. The fourth-order valence-corrected chi connectivity index (χ4v) is 2.40. The van der Waals surface area contributed by atoms with Crippen LogP contribution in [0.4, 0.5) is 11.8 Å². The highest BCUT2D eigenvalue weighted by Gasteiger charge is 2.11. The van der Waals surface area contributed by atoms with E-state index in [-0.39, 0.29) is 5.95 Å². The normalized spacial score (nSPS) is 11.0. The lowest BCUT2D eigenvalue weighted by Crippen LogP contribution is -2.06. The van der Waals surface area contributed by atoms with Gasteiger partial charge < -0.3 is 15.6 Å². The first-order valence-electron chi connectivity index (χ1n) is 7.14. The molecule has 22 heavy (non-hydrogen) atoms. The number of halogens is 1. The molecule has 7 heteroatoms. The van der Waals surface area contributed by atoms with Crippen molar-refractivity contribution in [2.24, 2.45) is 0 Å². The number of nitrogen functional groups attached to an aromatic ring is 1. The van der Waals surface area contributed by atoms with Gasteiger partial charge in [-0.2, -0.15) is 9.97 Å². The molecule has 2 aromatic heterocycles. The van der Waals surface area contributed by atoms with E-state index in [4.69, 9.17) is 17.3 Å². The zero-order valence-corrected chi connectivity index (χ0v) is 13.0. The molecule has 0 unspecified atom stereocenters. The van der Waals surface area contributed by atoms with Crippen LogP contribution in [0.15, 0.2) is 30.6 Å². The Morgan fingerprint density at radius 2 is 2.00 bits per heavy atom. The molecular formula is C15H17ClN6. The molecule has 0 aliphatic carbocycles. The summed E-state index contributed by atoms with van der Waals surface area (Å²) in [5, 5.41) is 3.99. The lowest BCUT2D eigenvalue weighted by molar-refractivity contribution is 0.691. The van der Waals surface area contributed by atoms with Crippen molar-refractivity contribution in [3.05, 3.63) is 41.2 Å². The summed E-state index contributed by atoms with van der Waals surface area (Å²) in [5.74, 6) is 0.885. The van der Waals surface area contributed by atoms with Gasteiger partial charge in [0.2, 0.25) is 5.95 Å². The van der Waals surface area contributed by atoms with Gasteiger partial charge in [-0.25, -0.2) is 4.98 Å². The smallest absolute Gasteiger partial charge is 0.224 e. The maximum Gasteiger partial charge on any atom is 0.224 e. The van der Waals surface area contributed by atoms with Gasteiger partial charge >= 0.3 is 0 Å². The zero-order chi connectivity index (χ0) is 15.5. The molecule has 0 aliphatic rings. The Kier molecular flexibility index (Phi) is 4.11. The van der Waals surface area contributed by atoms with E-state index < -0.39 is 0 Å². The van der Waals surface area contributed by atoms with Crippen molar-refractivity contribution < 1.29 is 0 Å². The second-order valence-corrected chi connectivity index (χ2v) is 5.46. The van der Waals surface area contributed by atoms with Crippen molar-refractivity contribution >= 4 is 34.5 Å². The van der Waals surface area contributed by atoms with Crippen molar-refractivity contribution in [3.63, 3.8) is 0 Å². The largest absolute Gasteiger partial charge is 0.368 e. The SMILES string of the molecule is CCCn1cnc2c(NCc3ccc(Cl)cc3)nc(N)nc21. The van der Waals surface area contributed by atoms with Gasteiger partial charge in [-0.3, -0.25) is 0 Å². The van der Waals surface area contributed by atoms with E-state index >= 15 is 0 Å². The van der Waals surface area contributed by atoms with Crippen LogP contribution in [-0.2, 0) is 13.1 Å². The summed E-state index contributed by atoms with van der Waals surface area (Å²) in [6.45, 7) is 3.57. The Hall–Kier alpha value is -2.34. The maximum absolute atomic E-state index is 5.89. The molecule has 3 N–H and O–H groups in total. The van der Waals surface area contributed by atoms with Gasteiger partial charge in [0, 0.05) is 18.1 Å². The molecule has 0 spiro atoms. The molecule has 0 saturated carbocycles. The van der Waals surface area contributed by atoms with E-state index in [1.807, 2.05) is 28.8 Å². The van der Waals surface area contributed by atoms with E-state index in [1.54, 1.807) is 6.33 Å². The number of fused-ring (bicyclic) bond motifs is 1. The molecule has 0 atom stereocenters. The third kappa shape index (κ3) is 2.96. The van der Waals surface area contributed by atoms with Crippen LogP contribution in [0.5, 0.6) is 0 Å². The summed E-state index contributed by atoms with van der Waals surface area (Å²) in [4.78, 5) is 13.0. The summed E-state index contributed by atoms with van der Waals surface area (Å²) in [6.07, 6.45) is 2.78. The van der Waals surface area contributed by atoms with Crippen LogP contribution in [0.3, 0.4) is 0 Å². The molecule has 0 amide bonds. The number of rotatable bonds is 5. The number of imidazole rings is 1. The molecular weight excluding hydrogens is 300 g/mol. The van der Waals surface area contributed by atoms with Crippen molar-refractivity contribution in [2.75, 3.05) is 11.1 Å². The van der Waals surface area contributed by atoms with Gasteiger partial charge in [0.05, 0.1) is 6.33 Å². The number of anilines is 2. The molecule has 2 heterocycles. The molecule has 6 nitrogen and oxygen atoms in total. The molecule has 0 radical (unpaired) electrons. The van der Waals surface area contributed by atoms with Crippen LogP contribution in [0.1, 0.15) is 18.9 Å². The molecule has 0 aliphatic heterocycles. The van der Waals surface area contributed by atoms with E-state index in [0.29, 0.717) is 12.4 Å². The Labute approximate surface area is 133 Å². The Balaban J connectivity index is 1.88. The van der Waals surface area contributed by atoms with Crippen molar-refractivity contribution in [2.45, 2.75) is 26.4 Å². The summed E-state index contributed by atoms with van der Waals surface area (Å²) in [6, 6.07) is 7.65. The predicted octanol–water partition coefficient (Wildman–Crippen LogP) is 3.08. The fraction of sp³-hybridized carbons (Fsp3) is 0.267. The summed E-state index contributed by atoms with van der Waals surface area (Å²) < 4.78 is 1.99. The van der Waals surface area contributed by atoms with Gasteiger partial charge in [0.1, 0.15) is 0 Å². The number of aromatic nitrogens is 4. The average Bonchev–Trinajstić information content (AvgIpc) is 2.90. The number of aryl methyl sites for hydroxylation is 1. The molecule has 3 rings (SSSR count). The Morgan fingerprint density at radius 3 is 2.73 bits per heavy atom. The van der Waals surface area contributed by atoms with Gasteiger partial charge in [-0.15, -0.1) is 0 Å². The van der Waals surface area contributed by atoms with E-state index in [1.165, 1.54) is 0 Å². The van der Waals surface area contributed by atoms with Crippen molar-refractivity contribution in [1.82, 2.24) is 19.5 Å². The van der Waals surface area contributed by atoms with E-state index in [9.17, 15) is 0 Å². The summed E-state index contributed by atoms with van der Waals surface area (Å²) in [5.41, 5.74) is 8.41. The second-order valence-electron chi connectivity index (χ2n) is 5.02. The van der Waals surface area contributed by atoms with Gasteiger partial charge in [-0.05, 0) is 24.1 Å². The molecule has 114 valence electrons. The first kappa shape index (κ1) is 14.6. The van der Waals surface area contributed by atoms with Crippen LogP contribution >= 0.6 is 11.6 Å². The fourth-order valence-electron chi connectivity index (χ4n) is 2.28.